The van der Waals surface area contributed by atoms with Crippen molar-refractivity contribution in [3.05, 3.63) is 63.0 Å². The lowest BCUT2D eigenvalue weighted by molar-refractivity contribution is 0.228. The molecule has 1 aromatic carbocycles. The van der Waals surface area contributed by atoms with Gasteiger partial charge >= 0.3 is 0 Å². The second-order valence-corrected chi connectivity index (χ2v) is 6.42. The maximum Gasteiger partial charge on any atom is 0.228 e. The van der Waals surface area contributed by atoms with E-state index in [1.165, 1.54) is 7.11 Å². The number of benzene rings is 1. The van der Waals surface area contributed by atoms with E-state index < -0.39 is 18.0 Å². The summed E-state index contributed by atoms with van der Waals surface area (Å²) in [5, 5.41) is 19.1. The molecule has 0 spiro atoms. The third-order valence-corrected chi connectivity index (χ3v) is 4.18. The van der Waals surface area contributed by atoms with Gasteiger partial charge in [-0.1, -0.05) is 0 Å². The average molecular weight is 384 g/mol. The Kier molecular flexibility index (Phi) is 5.29. The van der Waals surface area contributed by atoms with Crippen molar-refractivity contribution in [3.63, 3.8) is 0 Å². The fourth-order valence-electron chi connectivity index (χ4n) is 3.01. The van der Waals surface area contributed by atoms with Crippen LogP contribution in [0.4, 0.5) is 0 Å². The number of nitrogens with two attached hydrogens (primary N) is 1. The number of aliphatic hydroxyl groups excluding tert-OH is 1. The van der Waals surface area contributed by atoms with Gasteiger partial charge in [-0.05, 0) is 32.0 Å². The minimum absolute atomic E-state index is 0.0457. The fraction of sp³-hybridized carbons (Fsp3) is 0.300. The van der Waals surface area contributed by atoms with Crippen molar-refractivity contribution >= 4 is 0 Å². The zero-order chi connectivity index (χ0) is 20.4. The van der Waals surface area contributed by atoms with Crippen LogP contribution in [0.2, 0.25) is 0 Å². The average Bonchev–Trinajstić information content (AvgIpc) is 2.67. The molecule has 0 aliphatic carbocycles. The maximum atomic E-state index is 12.4. The highest BCUT2D eigenvalue weighted by atomic mass is 16.5. The van der Waals surface area contributed by atoms with Gasteiger partial charge in [-0.15, -0.1) is 0 Å². The molecular weight excluding hydrogens is 364 g/mol. The predicted octanol–water partition coefficient (Wildman–Crippen LogP) is 2.15. The molecule has 1 atom stereocenters. The molecule has 146 valence electrons. The number of fused-ring (bicyclic) bond motifs is 1. The first kappa shape index (κ1) is 19.3. The summed E-state index contributed by atoms with van der Waals surface area (Å²) >= 11 is 0. The summed E-state index contributed by atoms with van der Waals surface area (Å²) in [7, 11) is 1.51. The van der Waals surface area contributed by atoms with Gasteiger partial charge in [0, 0.05) is 11.6 Å². The van der Waals surface area contributed by atoms with Crippen LogP contribution in [0.1, 0.15) is 36.8 Å². The molecule has 1 aliphatic rings. The number of hydrogen-bond acceptors (Lipinski definition) is 8. The summed E-state index contributed by atoms with van der Waals surface area (Å²) in [6.45, 7) is 3.25. The molecule has 2 heterocycles. The maximum absolute atomic E-state index is 12.4. The van der Waals surface area contributed by atoms with Crippen molar-refractivity contribution in [2.45, 2.75) is 32.5 Å². The Morgan fingerprint density at radius 1 is 1.36 bits per heavy atom. The molecule has 0 radical (unpaired) electrons. The smallest absolute Gasteiger partial charge is 0.228 e. The van der Waals surface area contributed by atoms with Crippen molar-refractivity contribution in [2.75, 3.05) is 7.11 Å². The standard InChI is InChI=1S/C20H20N2O6/c1-10(2)26-16-5-4-11(25-3)6-13(16)17-14(8-21)20(22)28-18-15(24)7-12(9-23)27-19(17)18/h4-7,10,17,23H,9,22H2,1-3H3/t17-/m1/s1. The Morgan fingerprint density at radius 2 is 2.11 bits per heavy atom. The molecule has 0 fully saturated rings. The Balaban J connectivity index is 2.33. The Hall–Kier alpha value is -3.44. The van der Waals surface area contributed by atoms with Crippen LogP contribution in [0.25, 0.3) is 0 Å². The molecule has 1 aromatic heterocycles. The van der Waals surface area contributed by atoms with Gasteiger partial charge in [0.1, 0.15) is 35.5 Å². The quantitative estimate of drug-likeness (QED) is 0.802. The number of ether oxygens (including phenoxy) is 3. The summed E-state index contributed by atoms with van der Waals surface area (Å²) in [6.07, 6.45) is -0.144. The van der Waals surface area contributed by atoms with Gasteiger partial charge in [0.05, 0.1) is 19.1 Å². The predicted molar refractivity (Wildman–Crippen MR) is 99.0 cm³/mol. The lowest BCUT2D eigenvalue weighted by Gasteiger charge is -2.27. The number of aliphatic hydroxyl groups is 1. The van der Waals surface area contributed by atoms with Gasteiger partial charge in [-0.25, -0.2) is 0 Å². The van der Waals surface area contributed by atoms with Crippen LogP contribution in [-0.2, 0) is 6.61 Å². The van der Waals surface area contributed by atoms with E-state index in [0.29, 0.717) is 17.1 Å². The highest BCUT2D eigenvalue weighted by Gasteiger charge is 2.37. The highest BCUT2D eigenvalue weighted by molar-refractivity contribution is 5.57. The van der Waals surface area contributed by atoms with Crippen LogP contribution in [-0.4, -0.2) is 18.3 Å². The molecule has 28 heavy (non-hydrogen) atoms. The second-order valence-electron chi connectivity index (χ2n) is 6.42. The number of methoxy groups -OCH3 is 1. The van der Waals surface area contributed by atoms with Gasteiger partial charge in [0.15, 0.2) is 5.76 Å². The Bertz CT molecular complexity index is 1030. The molecule has 0 saturated heterocycles. The van der Waals surface area contributed by atoms with Crippen molar-refractivity contribution in [1.82, 2.24) is 0 Å². The molecule has 1 aliphatic heterocycles. The van der Waals surface area contributed by atoms with Crippen LogP contribution < -0.4 is 25.4 Å². The van der Waals surface area contributed by atoms with Crippen molar-refractivity contribution in [1.29, 1.82) is 5.26 Å². The third-order valence-electron chi connectivity index (χ3n) is 4.18. The lowest BCUT2D eigenvalue weighted by atomic mass is 9.86. The summed E-state index contributed by atoms with van der Waals surface area (Å²) in [5.41, 5.74) is 6.00. The van der Waals surface area contributed by atoms with Crippen molar-refractivity contribution < 1.29 is 23.7 Å². The van der Waals surface area contributed by atoms with Gasteiger partial charge in [0.25, 0.3) is 0 Å². The molecule has 0 saturated carbocycles. The molecule has 0 amide bonds. The normalized spacial score (nSPS) is 15.6. The number of rotatable bonds is 5. The van der Waals surface area contributed by atoms with E-state index in [1.54, 1.807) is 18.2 Å². The summed E-state index contributed by atoms with van der Waals surface area (Å²) in [5.74, 6) is -0.0633. The van der Waals surface area contributed by atoms with Crippen LogP contribution in [0.3, 0.4) is 0 Å². The van der Waals surface area contributed by atoms with Gasteiger partial charge in [0.2, 0.25) is 17.1 Å². The first-order chi connectivity index (χ1) is 13.4. The van der Waals surface area contributed by atoms with E-state index in [-0.39, 0.29) is 34.8 Å². The fourth-order valence-corrected chi connectivity index (χ4v) is 3.01. The van der Waals surface area contributed by atoms with Crippen LogP contribution in [0.5, 0.6) is 17.2 Å². The zero-order valence-electron chi connectivity index (χ0n) is 15.7. The minimum Gasteiger partial charge on any atom is -0.497 e. The van der Waals surface area contributed by atoms with Gasteiger partial charge < -0.3 is 29.5 Å². The molecule has 8 heteroatoms. The van der Waals surface area contributed by atoms with Gasteiger partial charge in [-0.3, -0.25) is 4.79 Å². The molecule has 8 nitrogen and oxygen atoms in total. The van der Waals surface area contributed by atoms with Crippen LogP contribution >= 0.6 is 0 Å². The summed E-state index contributed by atoms with van der Waals surface area (Å²) < 4.78 is 22.3. The lowest BCUT2D eigenvalue weighted by Crippen LogP contribution is -2.26. The van der Waals surface area contributed by atoms with Crippen molar-refractivity contribution in [2.24, 2.45) is 5.73 Å². The topological polar surface area (TPSA) is 128 Å². The van der Waals surface area contributed by atoms with Crippen LogP contribution in [0.15, 0.2) is 44.9 Å². The number of nitrogens with zero attached hydrogens (tertiary/aromatic N) is 1. The SMILES string of the molecule is COc1ccc(OC(C)C)c([C@@H]2C(C#N)=C(N)Oc3c2oc(CO)cc3=O)c1. The first-order valence-corrected chi connectivity index (χ1v) is 8.59. The molecule has 0 unspecified atom stereocenters. The molecule has 3 N–H and O–H groups in total. The molecule has 3 rings (SSSR count). The third kappa shape index (κ3) is 3.40. The highest BCUT2D eigenvalue weighted by Crippen LogP contribution is 2.45. The second kappa shape index (κ2) is 7.66. The van der Waals surface area contributed by atoms with E-state index in [0.717, 1.165) is 6.07 Å². The summed E-state index contributed by atoms with van der Waals surface area (Å²) in [6, 6.07) is 8.27. The van der Waals surface area contributed by atoms with Crippen molar-refractivity contribution in [3.8, 4) is 23.3 Å². The number of allylic oxidation sites excluding steroid dienone is 1. The van der Waals surface area contributed by atoms with E-state index in [1.807, 2.05) is 19.9 Å². The Labute approximate surface area is 161 Å². The van der Waals surface area contributed by atoms with E-state index in [2.05, 4.69) is 0 Å². The summed E-state index contributed by atoms with van der Waals surface area (Å²) in [4.78, 5) is 12.4. The monoisotopic (exact) mass is 384 g/mol. The van der Waals surface area contributed by atoms with E-state index in [4.69, 9.17) is 24.4 Å². The number of nitriles is 1. The molecule has 2 aromatic rings. The Morgan fingerprint density at radius 3 is 2.71 bits per heavy atom. The van der Waals surface area contributed by atoms with Crippen LogP contribution in [0, 0.1) is 11.3 Å². The number of hydrogen-bond donors (Lipinski definition) is 2. The minimum atomic E-state index is -0.864. The van der Waals surface area contributed by atoms with E-state index in [9.17, 15) is 15.2 Å². The largest absolute Gasteiger partial charge is 0.497 e. The van der Waals surface area contributed by atoms with E-state index >= 15 is 0 Å². The zero-order valence-corrected chi connectivity index (χ0v) is 15.7. The first-order valence-electron chi connectivity index (χ1n) is 8.59. The molecule has 0 bridgehead atoms. The molecular formula is C20H20N2O6. The van der Waals surface area contributed by atoms with Gasteiger partial charge in [-0.2, -0.15) is 5.26 Å².